The molecule has 0 aliphatic carbocycles. The molecule has 0 aliphatic heterocycles. The molecule has 3 rings (SSSR count). The molecule has 0 N–H and O–H groups in total. The molecule has 0 aromatic heterocycles. The van der Waals surface area contributed by atoms with Crippen LogP contribution in [0.25, 0.3) is 11.1 Å². The van der Waals surface area contributed by atoms with Gasteiger partial charge < -0.3 is 9.47 Å². The van der Waals surface area contributed by atoms with Crippen LogP contribution in [0, 0.1) is 0 Å². The fourth-order valence-corrected chi connectivity index (χ4v) is 3.42. The molecule has 152 valence electrons. The van der Waals surface area contributed by atoms with Gasteiger partial charge in [0.1, 0.15) is 0 Å². The van der Waals surface area contributed by atoms with Crippen LogP contribution >= 0.6 is 0 Å². The Kier molecular flexibility index (Phi) is 6.81. The van der Waals surface area contributed by atoms with Crippen LogP contribution < -0.4 is 9.47 Å². The zero-order valence-corrected chi connectivity index (χ0v) is 17.3. The summed E-state index contributed by atoms with van der Waals surface area (Å²) in [5, 5.41) is 0. The van der Waals surface area contributed by atoms with E-state index >= 15 is 0 Å². The predicted molar refractivity (Wildman–Crippen MR) is 118 cm³/mol. The van der Waals surface area contributed by atoms with Crippen LogP contribution in [0.3, 0.4) is 0 Å². The molecule has 0 unspecified atom stereocenters. The first-order chi connectivity index (χ1) is 14.5. The van der Waals surface area contributed by atoms with Crippen molar-refractivity contribution in [1.82, 2.24) is 0 Å². The molecule has 4 heteroatoms. The van der Waals surface area contributed by atoms with E-state index in [1.165, 1.54) is 13.8 Å². The summed E-state index contributed by atoms with van der Waals surface area (Å²) in [5.74, 6) is -0.531. The fraction of sp³-hybridized carbons (Fsp3) is 0.154. The standard InChI is InChI=1S/C26H24O4/c1-4-23(20-11-7-5-8-12-20)26(21-13-9-6-10-14-21)22-15-16-24(29-18(2)27)25(17-22)30-19(3)28/h5-17H,4H2,1-3H3/b26-23-. The van der Waals surface area contributed by atoms with E-state index in [0.717, 1.165) is 34.3 Å². The first-order valence-electron chi connectivity index (χ1n) is 9.84. The quantitative estimate of drug-likeness (QED) is 0.293. The number of hydrogen-bond acceptors (Lipinski definition) is 4. The topological polar surface area (TPSA) is 52.6 Å². The highest BCUT2D eigenvalue weighted by atomic mass is 16.6. The van der Waals surface area contributed by atoms with Gasteiger partial charge in [-0.1, -0.05) is 73.7 Å². The van der Waals surface area contributed by atoms with Gasteiger partial charge in [0.2, 0.25) is 0 Å². The minimum absolute atomic E-state index is 0.214. The smallest absolute Gasteiger partial charge is 0.308 e. The lowest BCUT2D eigenvalue weighted by Crippen LogP contribution is -2.07. The van der Waals surface area contributed by atoms with Crippen LogP contribution in [0.1, 0.15) is 43.9 Å². The molecule has 3 aromatic carbocycles. The Morgan fingerprint density at radius 2 is 1.20 bits per heavy atom. The highest BCUT2D eigenvalue weighted by Crippen LogP contribution is 2.38. The van der Waals surface area contributed by atoms with Gasteiger partial charge in [0, 0.05) is 13.8 Å². The second-order valence-corrected chi connectivity index (χ2v) is 6.79. The SMILES string of the molecule is CC/C(=C(\c1ccccc1)c1ccc(OC(C)=O)c(OC(C)=O)c1)c1ccccc1. The lowest BCUT2D eigenvalue weighted by molar-refractivity contribution is -0.134. The van der Waals surface area contributed by atoms with Crippen LogP contribution in [0.5, 0.6) is 11.5 Å². The van der Waals surface area contributed by atoms with Crippen LogP contribution in [0.15, 0.2) is 78.9 Å². The Morgan fingerprint density at radius 1 is 0.667 bits per heavy atom. The van der Waals surface area contributed by atoms with Gasteiger partial charge in [-0.15, -0.1) is 0 Å². The average molecular weight is 400 g/mol. The second kappa shape index (κ2) is 9.70. The Hall–Kier alpha value is -3.66. The third-order valence-electron chi connectivity index (χ3n) is 4.58. The van der Waals surface area contributed by atoms with Crippen molar-refractivity contribution in [2.75, 3.05) is 0 Å². The van der Waals surface area contributed by atoms with E-state index in [1.54, 1.807) is 12.1 Å². The number of carbonyl (C=O) groups is 2. The molecule has 0 atom stereocenters. The zero-order chi connectivity index (χ0) is 21.5. The molecule has 0 fully saturated rings. The van der Waals surface area contributed by atoms with E-state index < -0.39 is 11.9 Å². The van der Waals surface area contributed by atoms with Crippen molar-refractivity contribution >= 4 is 23.1 Å². The highest BCUT2D eigenvalue weighted by molar-refractivity contribution is 5.99. The molecule has 3 aromatic rings. The van der Waals surface area contributed by atoms with Crippen LogP contribution in [0.2, 0.25) is 0 Å². The molecule has 0 amide bonds. The number of benzene rings is 3. The Morgan fingerprint density at radius 3 is 1.73 bits per heavy atom. The van der Waals surface area contributed by atoms with Crippen molar-refractivity contribution in [1.29, 1.82) is 0 Å². The third-order valence-corrected chi connectivity index (χ3v) is 4.58. The van der Waals surface area contributed by atoms with Crippen molar-refractivity contribution in [3.05, 3.63) is 95.6 Å². The Bertz CT molecular complexity index is 1070. The third kappa shape index (κ3) is 5.03. The van der Waals surface area contributed by atoms with Gasteiger partial charge in [-0.3, -0.25) is 9.59 Å². The summed E-state index contributed by atoms with van der Waals surface area (Å²) in [6.45, 7) is 4.75. The van der Waals surface area contributed by atoms with Gasteiger partial charge in [0.05, 0.1) is 0 Å². The first-order valence-corrected chi connectivity index (χ1v) is 9.84. The van der Waals surface area contributed by atoms with Crippen molar-refractivity contribution < 1.29 is 19.1 Å². The van der Waals surface area contributed by atoms with E-state index in [9.17, 15) is 9.59 Å². The van der Waals surface area contributed by atoms with Crippen molar-refractivity contribution in [3.63, 3.8) is 0 Å². The van der Waals surface area contributed by atoms with Crippen LogP contribution in [0.4, 0.5) is 0 Å². The fourth-order valence-electron chi connectivity index (χ4n) is 3.42. The minimum atomic E-state index is -0.482. The number of rotatable bonds is 6. The van der Waals surface area contributed by atoms with E-state index in [-0.39, 0.29) is 11.5 Å². The van der Waals surface area contributed by atoms with Crippen molar-refractivity contribution in [2.45, 2.75) is 27.2 Å². The van der Waals surface area contributed by atoms with E-state index in [1.807, 2.05) is 42.5 Å². The largest absolute Gasteiger partial charge is 0.423 e. The summed E-state index contributed by atoms with van der Waals surface area (Å²) >= 11 is 0. The van der Waals surface area contributed by atoms with Crippen molar-refractivity contribution in [3.8, 4) is 11.5 Å². The summed E-state index contributed by atoms with van der Waals surface area (Å²) in [7, 11) is 0. The molecule has 0 radical (unpaired) electrons. The van der Waals surface area contributed by atoms with Crippen molar-refractivity contribution in [2.24, 2.45) is 0 Å². The van der Waals surface area contributed by atoms with Gasteiger partial charge in [-0.2, -0.15) is 0 Å². The minimum Gasteiger partial charge on any atom is -0.423 e. The second-order valence-electron chi connectivity index (χ2n) is 6.79. The lowest BCUT2D eigenvalue weighted by Gasteiger charge is -2.18. The Balaban J connectivity index is 2.25. The molecule has 4 nitrogen and oxygen atoms in total. The van der Waals surface area contributed by atoms with Gasteiger partial charge >= 0.3 is 11.9 Å². The van der Waals surface area contributed by atoms with E-state index in [4.69, 9.17) is 9.47 Å². The summed E-state index contributed by atoms with van der Waals surface area (Å²) in [4.78, 5) is 23.1. The molecule has 0 bridgehead atoms. The molecule has 0 aliphatic rings. The summed E-state index contributed by atoms with van der Waals surface area (Å²) in [6, 6.07) is 25.6. The molecule has 30 heavy (non-hydrogen) atoms. The van der Waals surface area contributed by atoms with Crippen LogP contribution in [-0.4, -0.2) is 11.9 Å². The van der Waals surface area contributed by atoms with Gasteiger partial charge in [0.15, 0.2) is 11.5 Å². The Labute approximate surface area is 176 Å². The van der Waals surface area contributed by atoms with E-state index in [0.29, 0.717) is 0 Å². The average Bonchev–Trinajstić information content (AvgIpc) is 2.74. The normalized spacial score (nSPS) is 11.4. The summed E-state index contributed by atoms with van der Waals surface area (Å²) in [6.07, 6.45) is 0.808. The zero-order valence-electron chi connectivity index (χ0n) is 17.3. The first kappa shape index (κ1) is 21.1. The molecule has 0 heterocycles. The number of allylic oxidation sites excluding steroid dienone is 1. The number of ether oxygens (including phenoxy) is 2. The molecule has 0 saturated heterocycles. The molecule has 0 saturated carbocycles. The molecule has 0 spiro atoms. The molecular weight excluding hydrogens is 376 g/mol. The predicted octanol–water partition coefficient (Wildman–Crippen LogP) is 5.91. The van der Waals surface area contributed by atoms with Gasteiger partial charge in [0.25, 0.3) is 0 Å². The lowest BCUT2D eigenvalue weighted by atomic mass is 9.88. The van der Waals surface area contributed by atoms with Gasteiger partial charge in [-0.05, 0) is 46.4 Å². The highest BCUT2D eigenvalue weighted by Gasteiger charge is 2.17. The van der Waals surface area contributed by atoms with E-state index in [2.05, 4.69) is 31.2 Å². The molecular formula is C26H24O4. The monoisotopic (exact) mass is 400 g/mol. The number of hydrogen-bond donors (Lipinski definition) is 0. The number of esters is 2. The number of carbonyl (C=O) groups excluding carboxylic acids is 2. The summed E-state index contributed by atoms with van der Waals surface area (Å²) in [5.41, 5.74) is 5.24. The maximum Gasteiger partial charge on any atom is 0.308 e. The maximum absolute atomic E-state index is 11.6. The van der Waals surface area contributed by atoms with Crippen LogP contribution in [-0.2, 0) is 9.59 Å². The van der Waals surface area contributed by atoms with Gasteiger partial charge in [-0.25, -0.2) is 0 Å². The maximum atomic E-state index is 11.6. The summed E-state index contributed by atoms with van der Waals surface area (Å²) < 4.78 is 10.6.